The molecule has 0 saturated heterocycles. The second kappa shape index (κ2) is 24.0. The minimum absolute atomic E-state index is 0. The van der Waals surface area contributed by atoms with E-state index in [9.17, 15) is 0 Å². The maximum absolute atomic E-state index is 7.40. The van der Waals surface area contributed by atoms with Gasteiger partial charge in [-0.1, -0.05) is 232 Å². The molecule has 5 nitrogen and oxygen atoms in total. The van der Waals surface area contributed by atoms with E-state index in [0.29, 0.717) is 11.5 Å². The first-order valence-corrected chi connectivity index (χ1v) is 33.3. The van der Waals surface area contributed by atoms with E-state index in [4.69, 9.17) is 9.72 Å². The summed E-state index contributed by atoms with van der Waals surface area (Å²) in [6, 6.07) is 71.2. The molecule has 0 fully saturated rings. The van der Waals surface area contributed by atoms with Gasteiger partial charge in [-0.05, 0) is 137 Å². The SMILES string of the molecule is CC(C)c1cccc(C(C)C)c1-c1cccc(-c2c(C(C)C)cccc2C(C)C)c1N1[CH-]N(c2[c-]c(Oc3[c-]c4c(cc3)c3c5sc6ccccc6c5ccc3n4-c3cc(C(C)(C)C)ccn3)cc(-c3c(C(C)(C)C)cccc3C(C)(C)C)c2)c2ccccc21.[Pt]. The maximum atomic E-state index is 7.40. The first-order chi connectivity index (χ1) is 42.9. The van der Waals surface area contributed by atoms with E-state index in [0.717, 1.165) is 50.6 Å². The molecule has 1 aliphatic rings. The molecule has 0 unspecified atom stereocenters. The molecule has 9 aromatic carbocycles. The summed E-state index contributed by atoms with van der Waals surface area (Å²) in [5.74, 6) is 3.18. The zero-order valence-corrected chi connectivity index (χ0v) is 59.1. The van der Waals surface area contributed by atoms with Gasteiger partial charge in [-0.3, -0.25) is 0 Å². The van der Waals surface area contributed by atoms with Crippen LogP contribution in [0.3, 0.4) is 0 Å². The fourth-order valence-electron chi connectivity index (χ4n) is 14.0. The summed E-state index contributed by atoms with van der Waals surface area (Å²) < 4.78 is 12.2. The monoisotopic (exact) mass is 1390 g/mol. The molecule has 0 saturated carbocycles. The third kappa shape index (κ3) is 11.3. The molecule has 0 bridgehead atoms. The van der Waals surface area contributed by atoms with Crippen molar-refractivity contribution in [2.75, 3.05) is 9.80 Å². The Kier molecular flexibility index (Phi) is 16.7. The quantitative estimate of drug-likeness (QED) is 0.114. The maximum Gasteiger partial charge on any atom is 0.135 e. The molecule has 0 aliphatic carbocycles. The summed E-state index contributed by atoms with van der Waals surface area (Å²) >= 11 is 1.85. The summed E-state index contributed by atoms with van der Waals surface area (Å²) in [7, 11) is 0. The van der Waals surface area contributed by atoms with Crippen molar-refractivity contribution in [3.63, 3.8) is 0 Å². The summed E-state index contributed by atoms with van der Waals surface area (Å²) in [6.07, 6.45) is 1.95. The van der Waals surface area contributed by atoms with Crippen molar-refractivity contribution in [2.45, 2.75) is 158 Å². The van der Waals surface area contributed by atoms with Crippen LogP contribution in [0.2, 0.25) is 0 Å². The van der Waals surface area contributed by atoms with E-state index in [1.165, 1.54) is 92.3 Å². The van der Waals surface area contributed by atoms with Crippen LogP contribution in [-0.2, 0) is 37.3 Å². The normalized spacial score (nSPS) is 13.1. The Morgan fingerprint density at radius 3 is 1.59 bits per heavy atom. The topological polar surface area (TPSA) is 33.5 Å². The van der Waals surface area contributed by atoms with Gasteiger partial charge < -0.3 is 19.1 Å². The molecule has 3 aromatic heterocycles. The number of aromatic nitrogens is 2. The van der Waals surface area contributed by atoms with Crippen LogP contribution in [-0.4, -0.2) is 9.55 Å². The number of anilines is 4. The minimum atomic E-state index is -0.187. The second-order valence-electron chi connectivity index (χ2n) is 29.2. The number of benzene rings is 9. The van der Waals surface area contributed by atoms with Crippen LogP contribution < -0.4 is 14.5 Å². The summed E-state index contributed by atoms with van der Waals surface area (Å²) in [5.41, 5.74) is 22.1. The fourth-order valence-corrected chi connectivity index (χ4v) is 15.3. The molecule has 4 heterocycles. The van der Waals surface area contributed by atoms with E-state index in [-0.39, 0.29) is 61.0 Å². The predicted octanol–water partition coefficient (Wildman–Crippen LogP) is 24.7. The van der Waals surface area contributed by atoms with E-state index in [1.54, 1.807) is 0 Å². The van der Waals surface area contributed by atoms with Crippen molar-refractivity contribution < 1.29 is 25.8 Å². The predicted molar refractivity (Wildman–Crippen MR) is 386 cm³/mol. The Bertz CT molecular complexity index is 4600. The van der Waals surface area contributed by atoms with E-state index in [2.05, 4.69) is 321 Å². The van der Waals surface area contributed by atoms with Crippen molar-refractivity contribution >= 4 is 76.1 Å². The molecule has 0 radical (unpaired) electrons. The van der Waals surface area contributed by atoms with E-state index in [1.807, 2.05) is 17.5 Å². The van der Waals surface area contributed by atoms with Gasteiger partial charge in [0, 0.05) is 92.6 Å². The molecule has 1 aliphatic heterocycles. The third-order valence-electron chi connectivity index (χ3n) is 18.5. The zero-order valence-electron chi connectivity index (χ0n) is 56.1. The van der Waals surface area contributed by atoms with Crippen LogP contribution in [0.5, 0.6) is 11.5 Å². The van der Waals surface area contributed by atoms with Gasteiger partial charge in [-0.15, -0.1) is 65.0 Å². The second-order valence-corrected chi connectivity index (χ2v) is 30.3. The third-order valence-corrected chi connectivity index (χ3v) is 19.7. The first-order valence-electron chi connectivity index (χ1n) is 32.5. The summed E-state index contributed by atoms with van der Waals surface area (Å²) in [4.78, 5) is 9.96. The number of nitrogens with zero attached hydrogens (tertiary/aromatic N) is 4. The van der Waals surface area contributed by atoms with Gasteiger partial charge in [0.2, 0.25) is 0 Å². The minimum Gasteiger partial charge on any atom is -0.509 e. The number of ether oxygens (including phenoxy) is 1. The van der Waals surface area contributed by atoms with Gasteiger partial charge in [-0.2, -0.15) is 6.07 Å². The van der Waals surface area contributed by atoms with Gasteiger partial charge in [0.25, 0.3) is 0 Å². The van der Waals surface area contributed by atoms with Gasteiger partial charge in [0.15, 0.2) is 0 Å². The molecule has 0 spiro atoms. The van der Waals surface area contributed by atoms with Crippen molar-refractivity contribution in [3.8, 4) is 50.7 Å². The van der Waals surface area contributed by atoms with Crippen molar-refractivity contribution in [3.05, 3.63) is 234 Å². The molecule has 466 valence electrons. The van der Waals surface area contributed by atoms with E-state index < -0.39 is 0 Å². The van der Waals surface area contributed by atoms with E-state index >= 15 is 0 Å². The number of pyridine rings is 1. The van der Waals surface area contributed by atoms with Gasteiger partial charge >= 0.3 is 0 Å². The smallest absolute Gasteiger partial charge is 0.135 e. The molecular weight excluding hydrogens is 1310 g/mol. The van der Waals surface area contributed by atoms with Gasteiger partial charge in [-0.25, -0.2) is 4.98 Å². The Hall–Kier alpha value is -7.76. The molecule has 0 N–H and O–H groups in total. The van der Waals surface area contributed by atoms with Crippen LogP contribution >= 0.6 is 11.3 Å². The fraction of sp³-hybridized carbons (Fsp3) is 0.286. The first kappa shape index (κ1) is 63.4. The van der Waals surface area contributed by atoms with Gasteiger partial charge in [0.05, 0.1) is 0 Å². The number of thiophene rings is 1. The molecule has 0 atom stereocenters. The molecule has 13 rings (SSSR count). The standard InChI is InChI=1S/C84H85N4OS.Pt/c1-50(2)59-27-22-28-60(51(3)4)77(59)66-31-24-32-67(78-61(52(5)6)29-23-30-62(78)53(7)8)80(66)87-49-86(70-35-19-20-36-71(70)87)56-44-54(76-68(83(12,13)14)33-25-34-69(76)84(15,16)17)45-58(47-56)89-57-38-39-65-73(48-57)88(75-46-55(42-43-85-75)82(9,10)11)72-41-40-64-63-26-18-21-37-74(63)90-81(64)79(65)72;/h18-46,49-53H,1-17H3;/q-3;. The summed E-state index contributed by atoms with van der Waals surface area (Å²) in [6.45, 7) is 41.8. The van der Waals surface area contributed by atoms with Crippen molar-refractivity contribution in [2.24, 2.45) is 0 Å². The number of fused-ring (bicyclic) bond motifs is 8. The van der Waals surface area contributed by atoms with Crippen molar-refractivity contribution in [1.29, 1.82) is 0 Å². The van der Waals surface area contributed by atoms with Crippen LogP contribution in [0.25, 0.3) is 81.2 Å². The number of hydrogen-bond acceptors (Lipinski definition) is 5. The molecular formula is C84H85N4OPtS-3. The molecule has 91 heavy (non-hydrogen) atoms. The molecule has 0 amide bonds. The largest absolute Gasteiger partial charge is 0.509 e. The Labute approximate surface area is 559 Å². The number of hydrogen-bond donors (Lipinski definition) is 0. The Morgan fingerprint density at radius 2 is 1.02 bits per heavy atom. The van der Waals surface area contributed by atoms with Gasteiger partial charge in [0.1, 0.15) is 5.82 Å². The van der Waals surface area contributed by atoms with Crippen LogP contribution in [0.1, 0.15) is 180 Å². The Morgan fingerprint density at radius 1 is 0.484 bits per heavy atom. The summed E-state index contributed by atoms with van der Waals surface area (Å²) in [5, 5.41) is 4.81. The molecule has 7 heteroatoms. The van der Waals surface area contributed by atoms with Crippen LogP contribution in [0.15, 0.2) is 176 Å². The number of para-hydroxylation sites is 3. The number of rotatable bonds is 12. The van der Waals surface area contributed by atoms with Crippen LogP contribution in [0, 0.1) is 18.8 Å². The average molecular weight is 1390 g/mol. The molecule has 12 aromatic rings. The zero-order chi connectivity index (χ0) is 63.5. The van der Waals surface area contributed by atoms with Crippen molar-refractivity contribution in [1.82, 2.24) is 9.55 Å². The Balaban J connectivity index is 0.00000800. The van der Waals surface area contributed by atoms with Crippen LogP contribution in [0.4, 0.5) is 22.7 Å². The average Bonchev–Trinajstić information content (AvgIpc) is 1.63.